The highest BCUT2D eigenvalue weighted by Gasteiger charge is 2.22. The maximum atomic E-state index is 12.5. The van der Waals surface area contributed by atoms with Gasteiger partial charge in [-0.05, 0) is 30.4 Å². The molecule has 4 nitrogen and oxygen atoms in total. The summed E-state index contributed by atoms with van der Waals surface area (Å²) in [6.45, 7) is 13.3. The van der Waals surface area contributed by atoms with Gasteiger partial charge in [0.15, 0.2) is 0 Å². The van der Waals surface area contributed by atoms with Crippen LogP contribution in [0.25, 0.3) is 0 Å². The first-order valence-electron chi connectivity index (χ1n) is 8.38. The predicted molar refractivity (Wildman–Crippen MR) is 92.4 cm³/mol. The molecule has 0 bridgehead atoms. The van der Waals surface area contributed by atoms with Crippen LogP contribution in [0.5, 0.6) is 0 Å². The second kappa shape index (κ2) is 7.63. The number of hydrogen-bond donors (Lipinski definition) is 1. The van der Waals surface area contributed by atoms with Gasteiger partial charge in [0.2, 0.25) is 0 Å². The summed E-state index contributed by atoms with van der Waals surface area (Å²) in [6.07, 6.45) is 0.930. The number of aryl methyl sites for hydroxylation is 2. The van der Waals surface area contributed by atoms with Crippen LogP contribution in [0.4, 0.5) is 10.5 Å². The second-order valence-electron chi connectivity index (χ2n) is 6.57. The quantitative estimate of drug-likeness (QED) is 0.925. The third-order valence-electron chi connectivity index (χ3n) is 4.25. The van der Waals surface area contributed by atoms with E-state index in [4.69, 9.17) is 0 Å². The predicted octanol–water partition coefficient (Wildman–Crippen LogP) is 3.36. The first kappa shape index (κ1) is 16.8. The monoisotopic (exact) mass is 303 g/mol. The van der Waals surface area contributed by atoms with Crippen molar-refractivity contribution in [2.45, 2.75) is 34.1 Å². The fourth-order valence-corrected chi connectivity index (χ4v) is 3.04. The number of hydrogen-bond acceptors (Lipinski definition) is 2. The Morgan fingerprint density at radius 3 is 2.50 bits per heavy atom. The lowest BCUT2D eigenvalue weighted by molar-refractivity contribution is 0.138. The van der Waals surface area contributed by atoms with Gasteiger partial charge in [0.25, 0.3) is 0 Å². The first-order chi connectivity index (χ1) is 10.5. The zero-order valence-electron chi connectivity index (χ0n) is 14.4. The molecule has 2 rings (SSSR count). The molecule has 0 radical (unpaired) electrons. The Balaban J connectivity index is 1.94. The largest absolute Gasteiger partial charge is 0.322 e. The Hall–Kier alpha value is -1.55. The molecule has 1 fully saturated rings. The molecular weight excluding hydrogens is 274 g/mol. The maximum Gasteiger partial charge on any atom is 0.321 e. The Kier molecular flexibility index (Phi) is 5.83. The molecule has 0 unspecified atom stereocenters. The second-order valence-corrected chi connectivity index (χ2v) is 6.57. The molecule has 0 atom stereocenters. The van der Waals surface area contributed by atoms with Gasteiger partial charge in [-0.3, -0.25) is 4.90 Å². The number of rotatable bonds is 4. The fourth-order valence-electron chi connectivity index (χ4n) is 3.04. The summed E-state index contributed by atoms with van der Waals surface area (Å²) in [5.41, 5.74) is 3.32. The number of carbonyl (C=O) groups is 1. The van der Waals surface area contributed by atoms with Gasteiger partial charge >= 0.3 is 6.03 Å². The van der Waals surface area contributed by atoms with Crippen molar-refractivity contribution in [3.8, 4) is 0 Å². The van der Waals surface area contributed by atoms with Crippen molar-refractivity contribution in [2.24, 2.45) is 5.92 Å². The molecule has 0 saturated carbocycles. The van der Waals surface area contributed by atoms with Gasteiger partial charge in [-0.2, -0.15) is 0 Å². The number of benzene rings is 1. The molecule has 1 aromatic rings. The molecule has 1 heterocycles. The van der Waals surface area contributed by atoms with Gasteiger partial charge in [0.05, 0.1) is 0 Å². The summed E-state index contributed by atoms with van der Waals surface area (Å²) >= 11 is 0. The number of urea groups is 1. The van der Waals surface area contributed by atoms with Crippen LogP contribution in [0.15, 0.2) is 18.2 Å². The van der Waals surface area contributed by atoms with Gasteiger partial charge in [-0.1, -0.05) is 39.0 Å². The van der Waals surface area contributed by atoms with Crippen LogP contribution in [-0.4, -0.2) is 48.6 Å². The van der Waals surface area contributed by atoms with Gasteiger partial charge in [0.1, 0.15) is 0 Å². The Morgan fingerprint density at radius 2 is 1.91 bits per heavy atom. The minimum atomic E-state index is 0.0354. The van der Waals surface area contributed by atoms with E-state index in [1.165, 1.54) is 5.56 Å². The topological polar surface area (TPSA) is 35.6 Å². The molecule has 1 aliphatic heterocycles. The molecular formula is C18H29N3O. The molecule has 1 aromatic carbocycles. The lowest BCUT2D eigenvalue weighted by atomic mass is 10.1. The smallest absolute Gasteiger partial charge is 0.321 e. The number of piperazine rings is 1. The van der Waals surface area contributed by atoms with E-state index in [2.05, 4.69) is 56.1 Å². The summed E-state index contributed by atoms with van der Waals surface area (Å²) in [5, 5.41) is 3.12. The molecule has 1 N–H and O–H groups in total. The lowest BCUT2D eigenvalue weighted by Crippen LogP contribution is -2.50. The van der Waals surface area contributed by atoms with Crippen LogP contribution >= 0.6 is 0 Å². The highest BCUT2D eigenvalue weighted by atomic mass is 16.2. The minimum absolute atomic E-state index is 0.0354. The van der Waals surface area contributed by atoms with Crippen molar-refractivity contribution in [1.29, 1.82) is 0 Å². The Morgan fingerprint density at radius 1 is 1.23 bits per heavy atom. The minimum Gasteiger partial charge on any atom is -0.322 e. The molecule has 0 aliphatic carbocycles. The molecule has 1 aliphatic rings. The summed E-state index contributed by atoms with van der Waals surface area (Å²) < 4.78 is 0. The van der Waals surface area contributed by atoms with Crippen molar-refractivity contribution in [2.75, 3.05) is 38.0 Å². The van der Waals surface area contributed by atoms with E-state index in [1.807, 2.05) is 4.90 Å². The van der Waals surface area contributed by atoms with E-state index in [1.54, 1.807) is 0 Å². The highest BCUT2D eigenvalue weighted by molar-refractivity contribution is 5.91. The third kappa shape index (κ3) is 4.23. The fraction of sp³-hybridized carbons (Fsp3) is 0.611. The van der Waals surface area contributed by atoms with Crippen LogP contribution in [0.3, 0.4) is 0 Å². The molecule has 122 valence electrons. The molecule has 1 saturated heterocycles. The lowest BCUT2D eigenvalue weighted by Gasteiger charge is -2.35. The van der Waals surface area contributed by atoms with E-state index < -0.39 is 0 Å². The van der Waals surface area contributed by atoms with E-state index >= 15 is 0 Å². The average molecular weight is 303 g/mol. The molecule has 4 heteroatoms. The summed E-state index contributed by atoms with van der Waals surface area (Å²) in [4.78, 5) is 16.9. The molecule has 0 aromatic heterocycles. The zero-order chi connectivity index (χ0) is 16.1. The van der Waals surface area contributed by atoms with Crippen molar-refractivity contribution >= 4 is 11.7 Å². The summed E-state index contributed by atoms with van der Waals surface area (Å²) in [7, 11) is 0. The average Bonchev–Trinajstić information content (AvgIpc) is 2.49. The van der Waals surface area contributed by atoms with Crippen molar-refractivity contribution in [3.63, 3.8) is 0 Å². The van der Waals surface area contributed by atoms with Crippen LogP contribution in [0.2, 0.25) is 0 Å². The first-order valence-corrected chi connectivity index (χ1v) is 8.38. The standard InChI is InChI=1S/C18H29N3O/c1-5-16-8-6-7-15(4)17(16)19-18(22)21-11-9-20(10-12-21)13-14(2)3/h6-8,14H,5,9-13H2,1-4H3,(H,19,22). The third-order valence-corrected chi connectivity index (χ3v) is 4.25. The van der Waals surface area contributed by atoms with E-state index in [-0.39, 0.29) is 6.03 Å². The number of carbonyl (C=O) groups excluding carboxylic acids is 1. The van der Waals surface area contributed by atoms with Crippen molar-refractivity contribution in [1.82, 2.24) is 9.80 Å². The molecule has 22 heavy (non-hydrogen) atoms. The normalized spacial score (nSPS) is 16.1. The van der Waals surface area contributed by atoms with Crippen LogP contribution in [-0.2, 0) is 6.42 Å². The molecule has 0 spiro atoms. The Bertz CT molecular complexity index is 505. The van der Waals surface area contributed by atoms with Crippen molar-refractivity contribution in [3.05, 3.63) is 29.3 Å². The summed E-state index contributed by atoms with van der Waals surface area (Å²) in [5.74, 6) is 0.680. The number of nitrogens with zero attached hydrogens (tertiary/aromatic N) is 2. The maximum absolute atomic E-state index is 12.5. The SMILES string of the molecule is CCc1cccc(C)c1NC(=O)N1CCN(CC(C)C)CC1. The van der Waals surface area contributed by atoms with E-state index in [0.29, 0.717) is 5.92 Å². The van der Waals surface area contributed by atoms with E-state index in [0.717, 1.165) is 50.4 Å². The van der Waals surface area contributed by atoms with Gasteiger partial charge in [-0.15, -0.1) is 0 Å². The molecule has 2 amide bonds. The van der Waals surface area contributed by atoms with Gasteiger partial charge in [0, 0.05) is 38.4 Å². The van der Waals surface area contributed by atoms with Gasteiger partial charge < -0.3 is 10.2 Å². The van der Waals surface area contributed by atoms with Crippen LogP contribution in [0.1, 0.15) is 31.9 Å². The number of anilines is 1. The Labute approximate surface area is 134 Å². The highest BCUT2D eigenvalue weighted by Crippen LogP contribution is 2.21. The number of nitrogens with one attached hydrogen (secondary N) is 1. The number of amides is 2. The van der Waals surface area contributed by atoms with Crippen LogP contribution in [0, 0.1) is 12.8 Å². The number of para-hydroxylation sites is 1. The summed E-state index contributed by atoms with van der Waals surface area (Å²) in [6, 6.07) is 6.22. The van der Waals surface area contributed by atoms with Crippen LogP contribution < -0.4 is 5.32 Å². The van der Waals surface area contributed by atoms with Gasteiger partial charge in [-0.25, -0.2) is 4.79 Å². The van der Waals surface area contributed by atoms with E-state index in [9.17, 15) is 4.79 Å². The van der Waals surface area contributed by atoms with Crippen molar-refractivity contribution < 1.29 is 4.79 Å². The zero-order valence-corrected chi connectivity index (χ0v) is 14.4.